The summed E-state index contributed by atoms with van der Waals surface area (Å²) in [6.45, 7) is 2.78. The molecular formula is C21H18ClIN6. The lowest BCUT2D eigenvalue weighted by molar-refractivity contribution is 0.768. The third-order valence-corrected chi connectivity index (χ3v) is 6.36. The van der Waals surface area contributed by atoms with Gasteiger partial charge < -0.3 is 4.90 Å². The normalized spacial score (nSPS) is 15.7. The highest BCUT2D eigenvalue weighted by Crippen LogP contribution is 2.42. The van der Waals surface area contributed by atoms with Gasteiger partial charge in [-0.2, -0.15) is 5.10 Å². The van der Waals surface area contributed by atoms with Crippen molar-refractivity contribution in [3.8, 4) is 16.8 Å². The van der Waals surface area contributed by atoms with Crippen LogP contribution >= 0.6 is 34.2 Å². The molecule has 146 valence electrons. The third kappa shape index (κ3) is 3.22. The summed E-state index contributed by atoms with van der Waals surface area (Å²) in [6, 6.07) is 14.5. The van der Waals surface area contributed by atoms with Gasteiger partial charge in [0.05, 0.1) is 21.5 Å². The summed E-state index contributed by atoms with van der Waals surface area (Å²) in [7, 11) is 1.93. The summed E-state index contributed by atoms with van der Waals surface area (Å²) in [5.74, 6) is 1.85. The van der Waals surface area contributed by atoms with Crippen LogP contribution in [-0.4, -0.2) is 31.1 Å². The van der Waals surface area contributed by atoms with E-state index in [9.17, 15) is 0 Å². The van der Waals surface area contributed by atoms with Gasteiger partial charge in [-0.05, 0) is 48.9 Å². The Bertz CT molecular complexity index is 1200. The molecule has 3 heterocycles. The standard InChI is InChI=1S/C21H18ClIN6/c1-13-25-26-21-18(23)12-28(17-6-4-16(22)5-7-17)20-9-14(3-8-19(20)29(13)21)15-10-24-27(2)11-15/h3-11,18H,12H2,1-2H3/t18-/m1/s1. The first-order chi connectivity index (χ1) is 14.0. The highest BCUT2D eigenvalue weighted by molar-refractivity contribution is 14.1. The fourth-order valence-corrected chi connectivity index (χ4v) is 4.69. The van der Waals surface area contributed by atoms with E-state index in [-0.39, 0.29) is 3.92 Å². The molecule has 1 aliphatic rings. The number of rotatable bonds is 2. The van der Waals surface area contributed by atoms with Crippen LogP contribution < -0.4 is 4.90 Å². The largest absolute Gasteiger partial charge is 0.338 e. The van der Waals surface area contributed by atoms with Crippen LogP contribution in [0.3, 0.4) is 0 Å². The lowest BCUT2D eigenvalue weighted by atomic mass is 10.1. The van der Waals surface area contributed by atoms with Crippen molar-refractivity contribution < 1.29 is 0 Å². The van der Waals surface area contributed by atoms with Gasteiger partial charge in [-0.1, -0.05) is 40.3 Å². The van der Waals surface area contributed by atoms with Crippen LogP contribution in [0.15, 0.2) is 54.9 Å². The van der Waals surface area contributed by atoms with Gasteiger partial charge in [0.2, 0.25) is 0 Å². The molecule has 0 aliphatic carbocycles. The average molecular weight is 517 g/mol. The van der Waals surface area contributed by atoms with Gasteiger partial charge >= 0.3 is 0 Å². The summed E-state index contributed by atoms with van der Waals surface area (Å²) >= 11 is 8.60. The molecule has 0 fully saturated rings. The highest BCUT2D eigenvalue weighted by atomic mass is 127. The first-order valence-electron chi connectivity index (χ1n) is 9.24. The number of alkyl halides is 1. The van der Waals surface area contributed by atoms with Gasteiger partial charge in [0.1, 0.15) is 5.82 Å². The minimum absolute atomic E-state index is 0.179. The lowest BCUT2D eigenvalue weighted by Gasteiger charge is -2.26. The van der Waals surface area contributed by atoms with Crippen LogP contribution in [0.1, 0.15) is 15.6 Å². The van der Waals surface area contributed by atoms with Crippen LogP contribution in [0, 0.1) is 6.92 Å². The fourth-order valence-electron chi connectivity index (χ4n) is 3.76. The summed E-state index contributed by atoms with van der Waals surface area (Å²) in [4.78, 5) is 2.33. The van der Waals surface area contributed by atoms with Crippen LogP contribution in [0.4, 0.5) is 11.4 Å². The van der Waals surface area contributed by atoms with E-state index in [0.717, 1.165) is 51.4 Å². The van der Waals surface area contributed by atoms with Crippen molar-refractivity contribution in [3.63, 3.8) is 0 Å². The van der Waals surface area contributed by atoms with E-state index in [1.165, 1.54) is 0 Å². The summed E-state index contributed by atoms with van der Waals surface area (Å²) in [5.41, 5.74) is 5.48. The molecule has 2 aromatic heterocycles. The first-order valence-corrected chi connectivity index (χ1v) is 10.9. The van der Waals surface area contributed by atoms with E-state index < -0.39 is 0 Å². The molecule has 0 saturated carbocycles. The molecule has 1 atom stereocenters. The maximum Gasteiger partial charge on any atom is 0.152 e. The Balaban J connectivity index is 1.74. The number of anilines is 2. The number of hydrogen-bond donors (Lipinski definition) is 0. The molecule has 4 aromatic rings. The highest BCUT2D eigenvalue weighted by Gasteiger charge is 2.29. The zero-order valence-electron chi connectivity index (χ0n) is 15.9. The predicted octanol–water partition coefficient (Wildman–Crippen LogP) is 5.26. The number of halogens is 2. The van der Waals surface area contributed by atoms with Gasteiger partial charge in [0.25, 0.3) is 0 Å². The maximum absolute atomic E-state index is 6.14. The van der Waals surface area contributed by atoms with Gasteiger partial charge in [0.15, 0.2) is 5.82 Å². The number of nitrogens with zero attached hydrogens (tertiary/aromatic N) is 6. The summed E-state index contributed by atoms with van der Waals surface area (Å²) in [6.07, 6.45) is 3.92. The molecule has 0 amide bonds. The van der Waals surface area contributed by atoms with E-state index in [4.69, 9.17) is 11.6 Å². The quantitative estimate of drug-likeness (QED) is 0.269. The number of fused-ring (bicyclic) bond motifs is 3. The van der Waals surface area contributed by atoms with E-state index >= 15 is 0 Å². The van der Waals surface area contributed by atoms with Crippen molar-refractivity contribution in [1.82, 2.24) is 24.5 Å². The molecular weight excluding hydrogens is 499 g/mol. The minimum Gasteiger partial charge on any atom is -0.338 e. The Morgan fingerprint density at radius 1 is 1.03 bits per heavy atom. The van der Waals surface area contributed by atoms with Crippen molar-refractivity contribution in [1.29, 1.82) is 0 Å². The van der Waals surface area contributed by atoms with Crippen molar-refractivity contribution in [2.45, 2.75) is 10.8 Å². The van der Waals surface area contributed by atoms with Crippen molar-refractivity contribution in [2.24, 2.45) is 7.05 Å². The Morgan fingerprint density at radius 3 is 2.55 bits per heavy atom. The smallest absolute Gasteiger partial charge is 0.152 e. The van der Waals surface area contributed by atoms with Crippen molar-refractivity contribution in [2.75, 3.05) is 11.4 Å². The van der Waals surface area contributed by atoms with Crippen LogP contribution in [0.2, 0.25) is 5.02 Å². The maximum atomic E-state index is 6.14. The average Bonchev–Trinajstić information content (AvgIpc) is 3.29. The third-order valence-electron chi connectivity index (χ3n) is 5.16. The molecule has 0 spiro atoms. The first kappa shape index (κ1) is 18.6. The molecule has 0 bridgehead atoms. The van der Waals surface area contributed by atoms with Gasteiger partial charge in [-0.25, -0.2) is 0 Å². The predicted molar refractivity (Wildman–Crippen MR) is 124 cm³/mol. The number of hydrogen-bond acceptors (Lipinski definition) is 4. The molecule has 6 nitrogen and oxygen atoms in total. The second-order valence-electron chi connectivity index (χ2n) is 7.10. The second kappa shape index (κ2) is 7.14. The van der Waals surface area contributed by atoms with E-state index in [0.29, 0.717) is 0 Å². The van der Waals surface area contributed by atoms with Crippen LogP contribution in [0.5, 0.6) is 0 Å². The van der Waals surface area contributed by atoms with E-state index in [2.05, 4.69) is 77.7 Å². The molecule has 5 rings (SSSR count). The molecule has 0 unspecified atom stereocenters. The summed E-state index contributed by atoms with van der Waals surface area (Å²) < 4.78 is 4.16. The number of aryl methyl sites for hydroxylation is 2. The molecule has 1 aliphatic heterocycles. The Kier molecular flexibility index (Phi) is 4.59. The van der Waals surface area contributed by atoms with Crippen LogP contribution in [0.25, 0.3) is 16.8 Å². The lowest BCUT2D eigenvalue weighted by Crippen LogP contribution is -2.20. The Hall–Kier alpha value is -2.39. The molecule has 0 N–H and O–H groups in total. The fraction of sp³-hybridized carbons (Fsp3) is 0.190. The van der Waals surface area contributed by atoms with Crippen LogP contribution in [-0.2, 0) is 7.05 Å². The van der Waals surface area contributed by atoms with E-state index in [1.807, 2.05) is 43.2 Å². The van der Waals surface area contributed by atoms with Gasteiger partial charge in [0, 0.05) is 36.1 Å². The van der Waals surface area contributed by atoms with E-state index in [1.54, 1.807) is 0 Å². The van der Waals surface area contributed by atoms with Gasteiger partial charge in [-0.15, -0.1) is 10.2 Å². The number of benzene rings is 2. The minimum atomic E-state index is 0.179. The topological polar surface area (TPSA) is 51.8 Å². The second-order valence-corrected chi connectivity index (χ2v) is 9.04. The summed E-state index contributed by atoms with van der Waals surface area (Å²) in [5, 5.41) is 13.9. The Morgan fingerprint density at radius 2 is 1.83 bits per heavy atom. The van der Waals surface area contributed by atoms with Gasteiger partial charge in [-0.3, -0.25) is 9.25 Å². The SMILES string of the molecule is Cc1nnc2n1-c1ccc(-c3cnn(C)c3)cc1N(c1ccc(Cl)cc1)C[C@H]2I. The molecule has 2 aromatic carbocycles. The monoisotopic (exact) mass is 516 g/mol. The molecule has 0 saturated heterocycles. The number of aromatic nitrogens is 5. The molecule has 8 heteroatoms. The zero-order valence-corrected chi connectivity index (χ0v) is 18.8. The van der Waals surface area contributed by atoms with Crippen molar-refractivity contribution in [3.05, 3.63) is 71.5 Å². The zero-order chi connectivity index (χ0) is 20.1. The van der Waals surface area contributed by atoms with Crippen molar-refractivity contribution >= 4 is 45.6 Å². The molecule has 29 heavy (non-hydrogen) atoms. The Labute approximate surface area is 187 Å². The molecule has 0 radical (unpaired) electrons.